The zero-order chi connectivity index (χ0) is 25.8. The molecule has 2 amide bonds. The summed E-state index contributed by atoms with van der Waals surface area (Å²) in [5.74, 6) is -1.03. The van der Waals surface area contributed by atoms with E-state index in [2.05, 4.69) is 6.58 Å². The molecule has 0 fully saturated rings. The summed E-state index contributed by atoms with van der Waals surface area (Å²) in [6, 6.07) is 6.79. The van der Waals surface area contributed by atoms with Crippen LogP contribution in [0.1, 0.15) is 20.7 Å². The number of benzene rings is 1. The van der Waals surface area contributed by atoms with Crippen LogP contribution in [0.4, 0.5) is 0 Å². The average molecular weight is 510 g/mol. The quantitative estimate of drug-likeness (QED) is 0.0973. The van der Waals surface area contributed by atoms with Gasteiger partial charge in [0.05, 0.1) is 97.0 Å². The van der Waals surface area contributed by atoms with Crippen molar-refractivity contribution in [2.75, 3.05) is 92.4 Å². The predicted octanol–water partition coefficient (Wildman–Crippen LogP) is 1.11. The van der Waals surface area contributed by atoms with E-state index >= 15 is 0 Å². The Morgan fingerprint density at radius 1 is 0.639 bits per heavy atom. The Balaban J connectivity index is 1.27. The number of imide groups is 1. The number of hydrogen-bond acceptors (Lipinski definition) is 10. The minimum Gasteiger partial charge on any atom is -0.460 e. The lowest BCUT2D eigenvalue weighted by Crippen LogP contribution is -2.33. The highest BCUT2D eigenvalue weighted by Crippen LogP contribution is 2.21. The number of carbonyl (C=O) groups excluding carboxylic acids is 3. The standard InChI is InChI=1S/C25H35NO10/c1-2-23(27)36-20-19-35-18-17-34-16-15-33-14-13-32-12-11-31-10-9-30-8-7-26-24(28)21-5-3-4-6-22(21)25(26)29/h2-6H,1,7-20H2. The molecule has 1 aromatic rings. The summed E-state index contributed by atoms with van der Waals surface area (Å²) in [5.41, 5.74) is 0.877. The maximum atomic E-state index is 12.2. The Hall–Kier alpha value is -2.67. The molecule has 0 atom stereocenters. The van der Waals surface area contributed by atoms with Crippen LogP contribution in [0, 0.1) is 0 Å². The monoisotopic (exact) mass is 509 g/mol. The summed E-state index contributed by atoms with van der Waals surface area (Å²) in [6.07, 6.45) is 1.11. The van der Waals surface area contributed by atoms with E-state index in [1.807, 2.05) is 0 Å². The fourth-order valence-corrected chi connectivity index (χ4v) is 3.06. The lowest BCUT2D eigenvalue weighted by Gasteiger charge is -2.13. The molecule has 36 heavy (non-hydrogen) atoms. The van der Waals surface area contributed by atoms with E-state index < -0.39 is 5.97 Å². The van der Waals surface area contributed by atoms with Crippen LogP contribution in [0.5, 0.6) is 0 Å². The zero-order valence-electron chi connectivity index (χ0n) is 20.5. The molecule has 0 aliphatic carbocycles. The molecule has 1 heterocycles. The first-order chi connectivity index (χ1) is 17.6. The molecule has 1 aliphatic heterocycles. The van der Waals surface area contributed by atoms with Gasteiger partial charge in [0.1, 0.15) is 6.61 Å². The van der Waals surface area contributed by atoms with Crippen molar-refractivity contribution >= 4 is 17.8 Å². The summed E-state index contributed by atoms with van der Waals surface area (Å²) in [4.78, 5) is 36.5. The Kier molecular flexibility index (Phi) is 15.3. The molecule has 0 unspecified atom stereocenters. The average Bonchev–Trinajstić information content (AvgIpc) is 3.14. The first-order valence-electron chi connectivity index (χ1n) is 11.9. The molecule has 11 heteroatoms. The zero-order valence-corrected chi connectivity index (χ0v) is 20.5. The molecule has 2 rings (SSSR count). The largest absolute Gasteiger partial charge is 0.460 e. The molecule has 0 saturated carbocycles. The lowest BCUT2D eigenvalue weighted by molar-refractivity contribution is -0.139. The molecule has 0 spiro atoms. The van der Waals surface area contributed by atoms with Gasteiger partial charge in [0.15, 0.2) is 0 Å². The Morgan fingerprint density at radius 3 is 1.39 bits per heavy atom. The number of rotatable bonds is 22. The Bertz CT molecular complexity index is 781. The van der Waals surface area contributed by atoms with E-state index in [1.54, 1.807) is 24.3 Å². The van der Waals surface area contributed by atoms with E-state index in [0.29, 0.717) is 83.8 Å². The van der Waals surface area contributed by atoms with Crippen LogP contribution in [0.25, 0.3) is 0 Å². The molecule has 200 valence electrons. The van der Waals surface area contributed by atoms with Gasteiger partial charge in [-0.25, -0.2) is 4.79 Å². The Labute approximate surface area is 211 Å². The molecule has 1 aromatic carbocycles. The highest BCUT2D eigenvalue weighted by Gasteiger charge is 2.34. The molecule has 0 bridgehead atoms. The van der Waals surface area contributed by atoms with Gasteiger partial charge in [-0.3, -0.25) is 14.5 Å². The third-order valence-electron chi connectivity index (χ3n) is 4.84. The van der Waals surface area contributed by atoms with Crippen LogP contribution < -0.4 is 0 Å². The minimum absolute atomic E-state index is 0.188. The smallest absolute Gasteiger partial charge is 0.330 e. The second kappa shape index (κ2) is 18.6. The van der Waals surface area contributed by atoms with Crippen LogP contribution in [0.3, 0.4) is 0 Å². The molecule has 11 nitrogen and oxygen atoms in total. The first-order valence-corrected chi connectivity index (χ1v) is 11.9. The van der Waals surface area contributed by atoms with Crippen LogP contribution in [-0.2, 0) is 38.0 Å². The van der Waals surface area contributed by atoms with Gasteiger partial charge in [-0.1, -0.05) is 18.7 Å². The third-order valence-corrected chi connectivity index (χ3v) is 4.84. The highest BCUT2D eigenvalue weighted by atomic mass is 16.6. The van der Waals surface area contributed by atoms with Crippen molar-refractivity contribution in [2.45, 2.75) is 0 Å². The highest BCUT2D eigenvalue weighted by molar-refractivity contribution is 6.21. The third kappa shape index (κ3) is 11.4. The van der Waals surface area contributed by atoms with Crippen molar-refractivity contribution in [3.63, 3.8) is 0 Å². The molecule has 0 saturated heterocycles. The van der Waals surface area contributed by atoms with E-state index in [0.717, 1.165) is 6.08 Å². The van der Waals surface area contributed by atoms with Gasteiger partial charge in [-0.05, 0) is 12.1 Å². The van der Waals surface area contributed by atoms with E-state index in [-0.39, 0.29) is 31.6 Å². The van der Waals surface area contributed by atoms with E-state index in [4.69, 9.17) is 33.2 Å². The normalized spacial score (nSPS) is 12.7. The van der Waals surface area contributed by atoms with Gasteiger partial charge in [0, 0.05) is 6.08 Å². The molecular weight excluding hydrogens is 474 g/mol. The van der Waals surface area contributed by atoms with Crippen LogP contribution in [0.2, 0.25) is 0 Å². The maximum absolute atomic E-state index is 12.2. The summed E-state index contributed by atoms with van der Waals surface area (Å²) in [7, 11) is 0. The van der Waals surface area contributed by atoms with Crippen molar-refractivity contribution in [2.24, 2.45) is 0 Å². The summed E-state index contributed by atoms with van der Waals surface area (Å²) in [6.45, 7) is 8.54. The summed E-state index contributed by atoms with van der Waals surface area (Å²) >= 11 is 0. The van der Waals surface area contributed by atoms with Gasteiger partial charge in [-0.2, -0.15) is 0 Å². The Morgan fingerprint density at radius 2 is 1.00 bits per heavy atom. The lowest BCUT2D eigenvalue weighted by atomic mass is 10.1. The predicted molar refractivity (Wildman–Crippen MR) is 128 cm³/mol. The summed E-state index contributed by atoms with van der Waals surface area (Å²) in [5, 5.41) is 0. The fourth-order valence-electron chi connectivity index (χ4n) is 3.06. The van der Waals surface area contributed by atoms with Crippen LogP contribution in [-0.4, -0.2) is 115 Å². The van der Waals surface area contributed by atoms with Crippen LogP contribution in [0.15, 0.2) is 36.9 Å². The number of carbonyl (C=O) groups is 3. The summed E-state index contributed by atoms with van der Waals surface area (Å²) < 4.78 is 37.1. The van der Waals surface area contributed by atoms with Gasteiger partial charge < -0.3 is 33.2 Å². The number of esters is 1. The number of hydrogen-bond donors (Lipinski definition) is 0. The van der Waals surface area contributed by atoms with Gasteiger partial charge >= 0.3 is 5.97 Å². The first kappa shape index (κ1) is 29.6. The molecule has 0 aromatic heterocycles. The topological polar surface area (TPSA) is 119 Å². The van der Waals surface area contributed by atoms with Gasteiger partial charge in [0.25, 0.3) is 11.8 Å². The molecule has 0 N–H and O–H groups in total. The van der Waals surface area contributed by atoms with Crippen molar-refractivity contribution in [3.05, 3.63) is 48.0 Å². The van der Waals surface area contributed by atoms with Crippen LogP contribution >= 0.6 is 0 Å². The van der Waals surface area contributed by atoms with Gasteiger partial charge in [0.2, 0.25) is 0 Å². The number of nitrogens with zero attached hydrogens (tertiary/aromatic N) is 1. The van der Waals surface area contributed by atoms with Crippen molar-refractivity contribution in [1.29, 1.82) is 0 Å². The maximum Gasteiger partial charge on any atom is 0.330 e. The fraction of sp³-hybridized carbons (Fsp3) is 0.560. The molecule has 1 aliphatic rings. The second-order valence-electron chi connectivity index (χ2n) is 7.35. The van der Waals surface area contributed by atoms with E-state index in [1.165, 1.54) is 4.90 Å². The second-order valence-corrected chi connectivity index (χ2v) is 7.35. The minimum atomic E-state index is -0.468. The number of fused-ring (bicyclic) bond motifs is 1. The SMILES string of the molecule is C=CC(=O)OCCOCCOCCOCCOCCOCCOCCN1C(=O)c2ccccc2C1=O. The van der Waals surface area contributed by atoms with Crippen molar-refractivity contribution in [3.8, 4) is 0 Å². The van der Waals surface area contributed by atoms with Gasteiger partial charge in [-0.15, -0.1) is 0 Å². The number of ether oxygens (including phenoxy) is 7. The van der Waals surface area contributed by atoms with Crippen molar-refractivity contribution < 1.29 is 47.5 Å². The number of amides is 2. The van der Waals surface area contributed by atoms with Crippen molar-refractivity contribution in [1.82, 2.24) is 4.90 Å². The molecular formula is C25H35NO10. The molecule has 0 radical (unpaired) electrons. The van der Waals surface area contributed by atoms with E-state index in [9.17, 15) is 14.4 Å².